The lowest BCUT2D eigenvalue weighted by molar-refractivity contribution is -0.130. The van der Waals surface area contributed by atoms with E-state index in [1.807, 2.05) is 13.0 Å². The van der Waals surface area contributed by atoms with E-state index in [0.29, 0.717) is 0 Å². The van der Waals surface area contributed by atoms with Crippen molar-refractivity contribution in [2.75, 3.05) is 7.11 Å². The van der Waals surface area contributed by atoms with Crippen molar-refractivity contribution in [2.45, 2.75) is 45.3 Å². The summed E-state index contributed by atoms with van der Waals surface area (Å²) < 4.78 is 10.5. The maximum absolute atomic E-state index is 12.5. The van der Waals surface area contributed by atoms with Crippen LogP contribution in [0.3, 0.4) is 0 Å². The molecule has 0 radical (unpaired) electrons. The third-order valence-electron chi connectivity index (χ3n) is 3.21. The standard InChI is InChI=1S/C16H22O5/c1-5-7-8-9-10-16(3)14(19)12(15(20-4)21-16)13(18)11(17)6-2/h7-11,17H,5-6H2,1-4H3/b8-7+,10-9+. The van der Waals surface area contributed by atoms with Crippen LogP contribution in [0.2, 0.25) is 0 Å². The van der Waals surface area contributed by atoms with Gasteiger partial charge in [-0.05, 0) is 25.8 Å². The largest absolute Gasteiger partial charge is 0.468 e. The fourth-order valence-electron chi connectivity index (χ4n) is 1.90. The molecule has 0 aromatic heterocycles. The van der Waals surface area contributed by atoms with Crippen molar-refractivity contribution in [3.05, 3.63) is 35.8 Å². The summed E-state index contributed by atoms with van der Waals surface area (Å²) >= 11 is 0. The number of allylic oxidation sites excluding steroid dienone is 3. The van der Waals surface area contributed by atoms with E-state index >= 15 is 0 Å². The van der Waals surface area contributed by atoms with Gasteiger partial charge in [-0.3, -0.25) is 9.59 Å². The Bertz CT molecular complexity index is 501. The molecule has 2 atom stereocenters. The van der Waals surface area contributed by atoms with Gasteiger partial charge in [0.05, 0.1) is 7.11 Å². The average molecular weight is 294 g/mol. The maximum atomic E-state index is 12.5. The van der Waals surface area contributed by atoms with Gasteiger partial charge in [0.1, 0.15) is 11.7 Å². The van der Waals surface area contributed by atoms with Gasteiger partial charge in [0, 0.05) is 0 Å². The first kappa shape index (κ1) is 17.2. The van der Waals surface area contributed by atoms with Crippen molar-refractivity contribution < 1.29 is 24.2 Å². The fraction of sp³-hybridized carbons (Fsp3) is 0.500. The summed E-state index contributed by atoms with van der Waals surface area (Å²) in [6.45, 7) is 5.21. The molecule has 2 unspecified atom stereocenters. The molecule has 5 heteroatoms. The van der Waals surface area contributed by atoms with Crippen molar-refractivity contribution in [3.63, 3.8) is 0 Å². The van der Waals surface area contributed by atoms with Crippen molar-refractivity contribution in [2.24, 2.45) is 0 Å². The summed E-state index contributed by atoms with van der Waals surface area (Å²) in [5, 5.41) is 9.66. The lowest BCUT2D eigenvalue weighted by Crippen LogP contribution is -2.34. The average Bonchev–Trinajstić information content (AvgIpc) is 2.74. The first-order valence-corrected chi connectivity index (χ1v) is 7.00. The number of carbonyl (C=O) groups is 2. The number of hydrogen-bond acceptors (Lipinski definition) is 5. The van der Waals surface area contributed by atoms with Gasteiger partial charge in [-0.25, -0.2) is 0 Å². The molecule has 0 bridgehead atoms. The Kier molecular flexibility index (Phi) is 5.90. The van der Waals surface area contributed by atoms with Crippen LogP contribution >= 0.6 is 0 Å². The molecule has 0 fully saturated rings. The highest BCUT2D eigenvalue weighted by Gasteiger charge is 2.48. The Hall–Kier alpha value is -1.88. The lowest BCUT2D eigenvalue weighted by Gasteiger charge is -2.18. The topological polar surface area (TPSA) is 72.8 Å². The summed E-state index contributed by atoms with van der Waals surface area (Å²) in [6.07, 6.45) is 6.86. The van der Waals surface area contributed by atoms with Crippen LogP contribution in [-0.4, -0.2) is 35.5 Å². The van der Waals surface area contributed by atoms with Crippen LogP contribution in [-0.2, 0) is 19.1 Å². The van der Waals surface area contributed by atoms with Crippen LogP contribution in [0.15, 0.2) is 35.8 Å². The van der Waals surface area contributed by atoms with Gasteiger partial charge in [-0.15, -0.1) is 0 Å². The molecule has 5 nitrogen and oxygen atoms in total. The highest BCUT2D eigenvalue weighted by Crippen LogP contribution is 2.33. The number of hydrogen-bond donors (Lipinski definition) is 1. The Balaban J connectivity index is 3.05. The predicted molar refractivity (Wildman–Crippen MR) is 78.4 cm³/mol. The predicted octanol–water partition coefficient (Wildman–Crippen LogP) is 2.06. The minimum atomic E-state index is -1.29. The molecule has 0 aromatic rings. The molecular formula is C16H22O5. The van der Waals surface area contributed by atoms with E-state index in [4.69, 9.17) is 9.47 Å². The fourth-order valence-corrected chi connectivity index (χ4v) is 1.90. The molecule has 0 spiro atoms. The minimum absolute atomic E-state index is 0.135. The van der Waals surface area contributed by atoms with E-state index in [-0.39, 0.29) is 17.9 Å². The molecule has 1 heterocycles. The van der Waals surface area contributed by atoms with E-state index in [2.05, 4.69) is 0 Å². The first-order valence-electron chi connectivity index (χ1n) is 7.00. The smallest absolute Gasteiger partial charge is 0.295 e. The second kappa shape index (κ2) is 7.22. The van der Waals surface area contributed by atoms with E-state index in [0.717, 1.165) is 6.42 Å². The monoisotopic (exact) mass is 294 g/mol. The highest BCUT2D eigenvalue weighted by atomic mass is 16.7. The number of ether oxygens (including phenoxy) is 2. The van der Waals surface area contributed by atoms with Crippen molar-refractivity contribution in [1.82, 2.24) is 0 Å². The summed E-state index contributed by atoms with van der Waals surface area (Å²) in [7, 11) is 1.32. The Morgan fingerprint density at radius 1 is 1.43 bits per heavy atom. The van der Waals surface area contributed by atoms with Crippen LogP contribution in [0, 0.1) is 0 Å². The molecule has 1 aliphatic heterocycles. The summed E-state index contributed by atoms with van der Waals surface area (Å²) in [4.78, 5) is 24.5. The highest BCUT2D eigenvalue weighted by molar-refractivity contribution is 6.26. The van der Waals surface area contributed by atoms with E-state index < -0.39 is 23.3 Å². The Morgan fingerprint density at radius 3 is 2.62 bits per heavy atom. The lowest BCUT2D eigenvalue weighted by atomic mass is 9.92. The van der Waals surface area contributed by atoms with E-state index in [9.17, 15) is 14.7 Å². The number of rotatable bonds is 7. The van der Waals surface area contributed by atoms with E-state index in [1.54, 1.807) is 32.1 Å². The van der Waals surface area contributed by atoms with Crippen LogP contribution < -0.4 is 0 Å². The summed E-state index contributed by atoms with van der Waals surface area (Å²) in [5.41, 5.74) is -1.50. The third-order valence-corrected chi connectivity index (χ3v) is 3.21. The molecule has 116 valence electrons. The van der Waals surface area contributed by atoms with Gasteiger partial charge in [0.25, 0.3) is 5.95 Å². The van der Waals surface area contributed by atoms with Crippen LogP contribution in [0.4, 0.5) is 0 Å². The zero-order valence-electron chi connectivity index (χ0n) is 12.9. The summed E-state index contributed by atoms with van der Waals surface area (Å²) in [5.74, 6) is -1.30. The molecule has 1 rings (SSSR count). The van der Waals surface area contributed by atoms with Crippen LogP contribution in [0.5, 0.6) is 0 Å². The molecule has 1 aliphatic rings. The van der Waals surface area contributed by atoms with Crippen molar-refractivity contribution >= 4 is 11.6 Å². The number of aliphatic hydroxyl groups excluding tert-OH is 1. The SMILES string of the molecule is CC/C=C/C=C/C1(C)OC(OC)=C(C(=O)C(O)CC)C1=O. The first-order chi connectivity index (χ1) is 9.91. The van der Waals surface area contributed by atoms with Crippen LogP contribution in [0.25, 0.3) is 0 Å². The number of Topliss-reactive ketones (excluding diaryl/α,β-unsaturated/α-hetero) is 2. The zero-order chi connectivity index (χ0) is 16.0. The quantitative estimate of drug-likeness (QED) is 0.575. The number of aliphatic hydroxyl groups is 1. The van der Waals surface area contributed by atoms with Gasteiger partial charge >= 0.3 is 0 Å². The van der Waals surface area contributed by atoms with Gasteiger partial charge in [0.2, 0.25) is 11.6 Å². The van der Waals surface area contributed by atoms with Gasteiger partial charge in [0.15, 0.2) is 5.60 Å². The molecule has 0 aromatic carbocycles. The molecule has 0 aliphatic carbocycles. The number of methoxy groups -OCH3 is 1. The summed E-state index contributed by atoms with van der Waals surface area (Å²) in [6, 6.07) is 0. The second-order valence-electron chi connectivity index (χ2n) is 4.89. The van der Waals surface area contributed by atoms with Gasteiger partial charge in [-0.2, -0.15) is 0 Å². The van der Waals surface area contributed by atoms with Gasteiger partial charge in [-0.1, -0.05) is 32.1 Å². The normalized spacial score (nSPS) is 24.0. The Morgan fingerprint density at radius 2 is 2.10 bits per heavy atom. The molecule has 0 saturated heterocycles. The number of carbonyl (C=O) groups excluding carboxylic acids is 2. The van der Waals surface area contributed by atoms with Crippen LogP contribution in [0.1, 0.15) is 33.6 Å². The van der Waals surface area contributed by atoms with E-state index in [1.165, 1.54) is 7.11 Å². The molecule has 21 heavy (non-hydrogen) atoms. The molecule has 0 saturated carbocycles. The maximum Gasteiger partial charge on any atom is 0.295 e. The number of ketones is 2. The molecule has 1 N–H and O–H groups in total. The third kappa shape index (κ3) is 3.61. The van der Waals surface area contributed by atoms with Crippen molar-refractivity contribution in [3.8, 4) is 0 Å². The van der Waals surface area contributed by atoms with Crippen molar-refractivity contribution in [1.29, 1.82) is 0 Å². The molecular weight excluding hydrogens is 272 g/mol. The Labute approximate surface area is 124 Å². The zero-order valence-corrected chi connectivity index (χ0v) is 12.9. The van der Waals surface area contributed by atoms with Gasteiger partial charge < -0.3 is 14.6 Å². The second-order valence-corrected chi connectivity index (χ2v) is 4.89. The molecule has 0 amide bonds. The minimum Gasteiger partial charge on any atom is -0.468 e.